The number of hydrogen-bond donors (Lipinski definition) is 2. The Morgan fingerprint density at radius 2 is 2.32 bits per heavy atom. The van der Waals surface area contributed by atoms with E-state index in [-0.39, 0.29) is 24.1 Å². The Kier molecular flexibility index (Phi) is 5.38. The number of benzene rings is 1. The van der Waals surface area contributed by atoms with E-state index in [0.29, 0.717) is 13.2 Å². The third-order valence-electron chi connectivity index (χ3n) is 4.64. The van der Waals surface area contributed by atoms with E-state index in [2.05, 4.69) is 53.8 Å². The fourth-order valence-corrected chi connectivity index (χ4v) is 3.21. The van der Waals surface area contributed by atoms with E-state index >= 15 is 0 Å². The van der Waals surface area contributed by atoms with Crippen LogP contribution in [0.25, 0.3) is 0 Å². The summed E-state index contributed by atoms with van der Waals surface area (Å²) in [7, 11) is 1.88. The molecule has 1 aromatic heterocycles. The molecule has 2 aromatic rings. The van der Waals surface area contributed by atoms with Crippen molar-refractivity contribution >= 4 is 6.03 Å². The number of aryl methyl sites for hydroxylation is 2. The van der Waals surface area contributed by atoms with Gasteiger partial charge in [0.1, 0.15) is 6.10 Å². The Balaban J connectivity index is 1.52. The fourth-order valence-electron chi connectivity index (χ4n) is 3.21. The minimum atomic E-state index is -0.149. The first-order chi connectivity index (χ1) is 12.0. The van der Waals surface area contributed by atoms with Gasteiger partial charge >= 0.3 is 6.03 Å². The SMILES string of the molecule is Cc1cccc([C@@H](C)CNC(=O)N[C@H]2CCO[C@@H]2c2cnn(C)c2)c1. The molecule has 0 bridgehead atoms. The average Bonchev–Trinajstić information content (AvgIpc) is 3.21. The van der Waals surface area contributed by atoms with Crippen LogP contribution in [-0.2, 0) is 11.8 Å². The number of carbonyl (C=O) groups excluding carboxylic acids is 1. The zero-order valence-electron chi connectivity index (χ0n) is 15.0. The topological polar surface area (TPSA) is 68.2 Å². The Morgan fingerprint density at radius 1 is 1.48 bits per heavy atom. The van der Waals surface area contributed by atoms with E-state index in [1.54, 1.807) is 10.9 Å². The fraction of sp³-hybridized carbons (Fsp3) is 0.474. The molecule has 2 amide bonds. The van der Waals surface area contributed by atoms with Crippen LogP contribution in [0.2, 0.25) is 0 Å². The van der Waals surface area contributed by atoms with E-state index in [0.717, 1.165) is 12.0 Å². The van der Waals surface area contributed by atoms with Gasteiger partial charge in [-0.2, -0.15) is 5.10 Å². The first kappa shape index (κ1) is 17.5. The van der Waals surface area contributed by atoms with Gasteiger partial charge in [0.25, 0.3) is 0 Å². The zero-order chi connectivity index (χ0) is 17.8. The van der Waals surface area contributed by atoms with Crippen molar-refractivity contribution in [3.8, 4) is 0 Å². The van der Waals surface area contributed by atoms with Crippen LogP contribution in [0.15, 0.2) is 36.7 Å². The lowest BCUT2D eigenvalue weighted by Crippen LogP contribution is -2.44. The predicted octanol–water partition coefficient (Wildman–Crippen LogP) is 2.66. The maximum absolute atomic E-state index is 12.3. The molecule has 0 unspecified atom stereocenters. The summed E-state index contributed by atoms with van der Waals surface area (Å²) in [4.78, 5) is 12.3. The molecule has 0 spiro atoms. The number of amides is 2. The molecule has 1 aliphatic rings. The molecule has 2 heterocycles. The number of nitrogens with one attached hydrogen (secondary N) is 2. The van der Waals surface area contributed by atoms with E-state index in [9.17, 15) is 4.79 Å². The molecule has 1 fully saturated rings. The molecule has 6 heteroatoms. The summed E-state index contributed by atoms with van der Waals surface area (Å²) in [6, 6.07) is 8.21. The normalized spacial score (nSPS) is 21.1. The predicted molar refractivity (Wildman–Crippen MR) is 96.4 cm³/mol. The molecule has 1 aromatic carbocycles. The number of carbonyl (C=O) groups is 1. The van der Waals surface area contributed by atoms with Crippen LogP contribution in [0.5, 0.6) is 0 Å². The molecule has 25 heavy (non-hydrogen) atoms. The summed E-state index contributed by atoms with van der Waals surface area (Å²) < 4.78 is 7.53. The summed E-state index contributed by atoms with van der Waals surface area (Å²) in [6.07, 6.45) is 4.40. The second-order valence-corrected chi connectivity index (χ2v) is 6.80. The standard InChI is InChI=1S/C19H26N4O2/c1-13-5-4-6-15(9-13)14(2)10-20-19(24)22-17-7-8-25-18(17)16-11-21-23(3)12-16/h4-6,9,11-12,14,17-18H,7-8,10H2,1-3H3,(H2,20,22,24)/t14-,17-,18+/m0/s1. The Bertz CT molecular complexity index is 728. The monoisotopic (exact) mass is 342 g/mol. The van der Waals surface area contributed by atoms with E-state index in [4.69, 9.17) is 4.74 Å². The van der Waals surface area contributed by atoms with Crippen LogP contribution < -0.4 is 10.6 Å². The average molecular weight is 342 g/mol. The molecular formula is C19H26N4O2. The van der Waals surface area contributed by atoms with Crippen molar-refractivity contribution in [2.24, 2.45) is 7.05 Å². The highest BCUT2D eigenvalue weighted by Crippen LogP contribution is 2.28. The quantitative estimate of drug-likeness (QED) is 0.878. The minimum absolute atomic E-state index is 0.0292. The van der Waals surface area contributed by atoms with Crippen molar-refractivity contribution < 1.29 is 9.53 Å². The molecule has 0 radical (unpaired) electrons. The number of ether oxygens (including phenoxy) is 1. The Morgan fingerprint density at radius 3 is 3.04 bits per heavy atom. The summed E-state index contributed by atoms with van der Waals surface area (Å²) >= 11 is 0. The smallest absolute Gasteiger partial charge is 0.315 e. The van der Waals surface area contributed by atoms with Gasteiger partial charge in [-0.15, -0.1) is 0 Å². The molecule has 1 saturated heterocycles. The highest BCUT2D eigenvalue weighted by atomic mass is 16.5. The molecule has 6 nitrogen and oxygen atoms in total. The number of nitrogens with zero attached hydrogens (tertiary/aromatic N) is 2. The lowest BCUT2D eigenvalue weighted by atomic mass is 9.99. The van der Waals surface area contributed by atoms with Crippen LogP contribution >= 0.6 is 0 Å². The van der Waals surface area contributed by atoms with Gasteiger partial charge in [-0.25, -0.2) is 4.79 Å². The number of aromatic nitrogens is 2. The minimum Gasteiger partial charge on any atom is -0.371 e. The number of rotatable bonds is 5. The van der Waals surface area contributed by atoms with Crippen molar-refractivity contribution in [3.63, 3.8) is 0 Å². The summed E-state index contributed by atoms with van der Waals surface area (Å²) in [5, 5.41) is 10.2. The van der Waals surface area contributed by atoms with Crippen LogP contribution in [0.4, 0.5) is 4.79 Å². The van der Waals surface area contributed by atoms with Crippen molar-refractivity contribution in [2.45, 2.75) is 38.3 Å². The third kappa shape index (κ3) is 4.39. The Labute approximate surface area is 148 Å². The van der Waals surface area contributed by atoms with Gasteiger partial charge in [-0.1, -0.05) is 36.8 Å². The van der Waals surface area contributed by atoms with Gasteiger partial charge in [0.05, 0.1) is 12.2 Å². The van der Waals surface area contributed by atoms with Crippen molar-refractivity contribution in [1.29, 1.82) is 0 Å². The van der Waals surface area contributed by atoms with Gasteiger partial charge in [0, 0.05) is 32.0 Å². The molecule has 0 saturated carbocycles. The Hall–Kier alpha value is -2.34. The summed E-state index contributed by atoms with van der Waals surface area (Å²) in [5.74, 6) is 0.264. The van der Waals surface area contributed by atoms with Gasteiger partial charge in [-0.05, 0) is 24.8 Å². The van der Waals surface area contributed by atoms with E-state index in [1.165, 1.54) is 11.1 Å². The molecule has 3 rings (SSSR count). The first-order valence-corrected chi connectivity index (χ1v) is 8.74. The van der Waals surface area contributed by atoms with Gasteiger partial charge in [0.15, 0.2) is 0 Å². The highest BCUT2D eigenvalue weighted by Gasteiger charge is 2.31. The lowest BCUT2D eigenvalue weighted by molar-refractivity contribution is 0.0998. The van der Waals surface area contributed by atoms with Crippen LogP contribution in [0.1, 0.15) is 42.1 Å². The second kappa shape index (κ2) is 7.70. The maximum Gasteiger partial charge on any atom is 0.315 e. The van der Waals surface area contributed by atoms with Crippen molar-refractivity contribution in [3.05, 3.63) is 53.3 Å². The first-order valence-electron chi connectivity index (χ1n) is 8.74. The second-order valence-electron chi connectivity index (χ2n) is 6.80. The van der Waals surface area contributed by atoms with Crippen LogP contribution in [0.3, 0.4) is 0 Å². The van der Waals surface area contributed by atoms with E-state index in [1.807, 2.05) is 13.2 Å². The molecule has 0 aliphatic carbocycles. The zero-order valence-corrected chi connectivity index (χ0v) is 15.0. The maximum atomic E-state index is 12.3. The van der Waals surface area contributed by atoms with Gasteiger partial charge < -0.3 is 15.4 Å². The number of hydrogen-bond acceptors (Lipinski definition) is 3. The summed E-state index contributed by atoms with van der Waals surface area (Å²) in [6.45, 7) is 5.44. The third-order valence-corrected chi connectivity index (χ3v) is 4.64. The molecule has 134 valence electrons. The number of urea groups is 1. The molecule has 1 aliphatic heterocycles. The lowest BCUT2D eigenvalue weighted by Gasteiger charge is -2.20. The van der Waals surface area contributed by atoms with Crippen LogP contribution in [-0.4, -0.2) is 35.0 Å². The van der Waals surface area contributed by atoms with Crippen LogP contribution in [0, 0.1) is 6.92 Å². The molecular weight excluding hydrogens is 316 g/mol. The highest BCUT2D eigenvalue weighted by molar-refractivity contribution is 5.74. The van der Waals surface area contributed by atoms with Crippen molar-refractivity contribution in [1.82, 2.24) is 20.4 Å². The van der Waals surface area contributed by atoms with Crippen molar-refractivity contribution in [2.75, 3.05) is 13.2 Å². The molecule has 3 atom stereocenters. The van der Waals surface area contributed by atoms with Gasteiger partial charge in [-0.3, -0.25) is 4.68 Å². The summed E-state index contributed by atoms with van der Waals surface area (Å²) in [5.41, 5.74) is 3.47. The van der Waals surface area contributed by atoms with Gasteiger partial charge in [0.2, 0.25) is 0 Å². The van der Waals surface area contributed by atoms with E-state index < -0.39 is 0 Å². The largest absolute Gasteiger partial charge is 0.371 e. The molecule has 2 N–H and O–H groups in total.